The lowest BCUT2D eigenvalue weighted by Gasteiger charge is -2.33. The van der Waals surface area contributed by atoms with Gasteiger partial charge in [-0.05, 0) is 32.2 Å². The molecule has 4 nitrogen and oxygen atoms in total. The fourth-order valence-electron chi connectivity index (χ4n) is 2.14. The second kappa shape index (κ2) is 4.97. The summed E-state index contributed by atoms with van der Waals surface area (Å²) in [4.78, 5) is 10.7. The molecule has 1 fully saturated rings. The largest absolute Gasteiger partial charge is 0.356 e. The molecule has 0 aromatic carbocycles. The number of hydrogen-bond acceptors (Lipinski definition) is 4. The number of nitrogens with zero attached hydrogens (tertiary/aromatic N) is 3. The minimum Gasteiger partial charge on any atom is -0.356 e. The normalized spacial score (nSPS) is 21.2. The Balaban J connectivity index is 2.16. The maximum atomic E-state index is 5.94. The summed E-state index contributed by atoms with van der Waals surface area (Å²) in [6.07, 6.45) is 2.38. The fraction of sp³-hybridized carbons (Fsp3) is 0.636. The molecule has 0 bridgehead atoms. The number of nitrogens with two attached hydrogens (primary N) is 1. The first kappa shape index (κ1) is 11.6. The molecule has 2 N–H and O–H groups in total. The molecule has 1 saturated heterocycles. The van der Waals surface area contributed by atoms with Gasteiger partial charge in [0.2, 0.25) is 0 Å². The molecule has 0 radical (unpaired) electrons. The van der Waals surface area contributed by atoms with Gasteiger partial charge in [-0.3, -0.25) is 0 Å². The minimum absolute atomic E-state index is 0.511. The van der Waals surface area contributed by atoms with Gasteiger partial charge in [-0.2, -0.15) is 0 Å². The summed E-state index contributed by atoms with van der Waals surface area (Å²) in [5.74, 6) is 2.22. The lowest BCUT2D eigenvalue weighted by atomic mass is 9.98. The smallest absolute Gasteiger partial charge is 0.134 e. The van der Waals surface area contributed by atoms with E-state index in [4.69, 9.17) is 17.3 Å². The van der Waals surface area contributed by atoms with Crippen LogP contribution in [-0.4, -0.2) is 29.6 Å². The molecule has 1 aromatic heterocycles. The van der Waals surface area contributed by atoms with Crippen molar-refractivity contribution in [2.75, 3.05) is 24.5 Å². The molecule has 0 saturated carbocycles. The zero-order valence-corrected chi connectivity index (χ0v) is 10.2. The SMILES string of the molecule is Cc1nc(Cl)cc(N2CCCC(CN)C2)n1. The maximum Gasteiger partial charge on any atom is 0.134 e. The molecular weight excluding hydrogens is 224 g/mol. The van der Waals surface area contributed by atoms with E-state index in [1.54, 1.807) is 0 Å². The van der Waals surface area contributed by atoms with Gasteiger partial charge >= 0.3 is 0 Å². The zero-order valence-electron chi connectivity index (χ0n) is 9.49. The van der Waals surface area contributed by atoms with E-state index in [-0.39, 0.29) is 0 Å². The summed E-state index contributed by atoms with van der Waals surface area (Å²) in [6.45, 7) is 4.61. The molecule has 1 unspecified atom stereocenters. The van der Waals surface area contributed by atoms with Crippen LogP contribution in [0.15, 0.2) is 6.07 Å². The predicted octanol–water partition coefficient (Wildman–Crippen LogP) is 1.61. The monoisotopic (exact) mass is 240 g/mol. The van der Waals surface area contributed by atoms with E-state index in [0.29, 0.717) is 11.1 Å². The molecule has 16 heavy (non-hydrogen) atoms. The van der Waals surface area contributed by atoms with E-state index in [1.165, 1.54) is 12.8 Å². The van der Waals surface area contributed by atoms with E-state index in [2.05, 4.69) is 14.9 Å². The standard InChI is InChI=1S/C11H17ClN4/c1-8-14-10(12)5-11(15-8)16-4-2-3-9(6-13)7-16/h5,9H,2-4,6-7,13H2,1H3. The first-order valence-corrected chi connectivity index (χ1v) is 6.03. The highest BCUT2D eigenvalue weighted by Gasteiger charge is 2.20. The lowest BCUT2D eigenvalue weighted by Crippen LogP contribution is -2.38. The third-order valence-electron chi connectivity index (χ3n) is 2.97. The number of anilines is 1. The van der Waals surface area contributed by atoms with Crippen LogP contribution in [0.3, 0.4) is 0 Å². The summed E-state index contributed by atoms with van der Waals surface area (Å²) in [5, 5.41) is 0.511. The molecular formula is C11H17ClN4. The number of rotatable bonds is 2. The van der Waals surface area contributed by atoms with Gasteiger partial charge in [0.05, 0.1) is 0 Å². The van der Waals surface area contributed by atoms with Crippen LogP contribution in [-0.2, 0) is 0 Å². The lowest BCUT2D eigenvalue weighted by molar-refractivity contribution is 0.421. The molecule has 1 aromatic rings. The van der Waals surface area contributed by atoms with Crippen molar-refractivity contribution in [2.24, 2.45) is 11.7 Å². The number of aryl methyl sites for hydroxylation is 1. The average Bonchev–Trinajstić information content (AvgIpc) is 2.28. The fourth-order valence-corrected chi connectivity index (χ4v) is 2.36. The predicted molar refractivity (Wildman–Crippen MR) is 65.8 cm³/mol. The van der Waals surface area contributed by atoms with Crippen LogP contribution < -0.4 is 10.6 Å². The summed E-state index contributed by atoms with van der Waals surface area (Å²) >= 11 is 5.94. The van der Waals surface area contributed by atoms with Gasteiger partial charge < -0.3 is 10.6 Å². The first-order chi connectivity index (χ1) is 7.69. The van der Waals surface area contributed by atoms with Crippen LogP contribution in [0.2, 0.25) is 5.15 Å². The Morgan fingerprint density at radius 1 is 1.56 bits per heavy atom. The molecule has 2 heterocycles. The van der Waals surface area contributed by atoms with E-state index in [1.807, 2.05) is 13.0 Å². The summed E-state index contributed by atoms with van der Waals surface area (Å²) in [7, 11) is 0. The van der Waals surface area contributed by atoms with Gasteiger partial charge in [0.1, 0.15) is 16.8 Å². The van der Waals surface area contributed by atoms with Gasteiger partial charge in [0.15, 0.2) is 0 Å². The van der Waals surface area contributed by atoms with Crippen molar-refractivity contribution in [1.82, 2.24) is 9.97 Å². The van der Waals surface area contributed by atoms with Crippen LogP contribution in [0.4, 0.5) is 5.82 Å². The van der Waals surface area contributed by atoms with Crippen LogP contribution in [0.5, 0.6) is 0 Å². The summed E-state index contributed by atoms with van der Waals surface area (Å²) in [5.41, 5.74) is 5.72. The van der Waals surface area contributed by atoms with E-state index >= 15 is 0 Å². The topological polar surface area (TPSA) is 55.0 Å². The first-order valence-electron chi connectivity index (χ1n) is 5.65. The van der Waals surface area contributed by atoms with Gasteiger partial charge in [0, 0.05) is 19.2 Å². The molecule has 0 spiro atoms. The Hall–Kier alpha value is -0.870. The van der Waals surface area contributed by atoms with Crippen LogP contribution >= 0.6 is 11.6 Å². The number of hydrogen-bond donors (Lipinski definition) is 1. The van der Waals surface area contributed by atoms with Crippen molar-refractivity contribution in [3.63, 3.8) is 0 Å². The van der Waals surface area contributed by atoms with E-state index < -0.39 is 0 Å². The van der Waals surface area contributed by atoms with Crippen molar-refractivity contribution in [3.05, 3.63) is 17.0 Å². The van der Waals surface area contributed by atoms with Crippen LogP contribution in [0.25, 0.3) is 0 Å². The average molecular weight is 241 g/mol. The Bertz CT molecular complexity index is 349. The van der Waals surface area contributed by atoms with Crippen molar-refractivity contribution < 1.29 is 0 Å². The highest BCUT2D eigenvalue weighted by Crippen LogP contribution is 2.22. The molecule has 1 aliphatic heterocycles. The van der Waals surface area contributed by atoms with Gasteiger partial charge in [-0.25, -0.2) is 9.97 Å². The third kappa shape index (κ3) is 2.62. The van der Waals surface area contributed by atoms with Crippen LogP contribution in [0, 0.1) is 12.8 Å². The molecule has 5 heteroatoms. The maximum absolute atomic E-state index is 5.94. The molecule has 0 aliphatic carbocycles. The number of halogens is 1. The quantitative estimate of drug-likeness (QED) is 0.799. The Labute approximate surface area is 101 Å². The van der Waals surface area contributed by atoms with Crippen molar-refractivity contribution in [2.45, 2.75) is 19.8 Å². The Kier molecular flexibility index (Phi) is 3.61. The zero-order chi connectivity index (χ0) is 11.5. The van der Waals surface area contributed by atoms with Crippen molar-refractivity contribution in [1.29, 1.82) is 0 Å². The Morgan fingerprint density at radius 2 is 2.38 bits per heavy atom. The Morgan fingerprint density at radius 3 is 3.06 bits per heavy atom. The molecule has 2 rings (SSSR count). The molecule has 1 aliphatic rings. The highest BCUT2D eigenvalue weighted by molar-refractivity contribution is 6.29. The van der Waals surface area contributed by atoms with Crippen molar-refractivity contribution in [3.8, 4) is 0 Å². The van der Waals surface area contributed by atoms with Crippen LogP contribution in [0.1, 0.15) is 18.7 Å². The summed E-state index contributed by atoms with van der Waals surface area (Å²) in [6, 6.07) is 1.83. The van der Waals surface area contributed by atoms with E-state index in [9.17, 15) is 0 Å². The van der Waals surface area contributed by atoms with Crippen molar-refractivity contribution >= 4 is 17.4 Å². The number of piperidine rings is 1. The summed E-state index contributed by atoms with van der Waals surface area (Å²) < 4.78 is 0. The highest BCUT2D eigenvalue weighted by atomic mass is 35.5. The number of aromatic nitrogens is 2. The van der Waals surface area contributed by atoms with Gasteiger partial charge in [0.25, 0.3) is 0 Å². The second-order valence-electron chi connectivity index (χ2n) is 4.29. The minimum atomic E-state index is 0.511. The second-order valence-corrected chi connectivity index (χ2v) is 4.67. The molecule has 0 amide bonds. The van der Waals surface area contributed by atoms with Gasteiger partial charge in [-0.15, -0.1) is 0 Å². The third-order valence-corrected chi connectivity index (χ3v) is 3.16. The van der Waals surface area contributed by atoms with E-state index in [0.717, 1.165) is 31.3 Å². The molecule has 1 atom stereocenters. The van der Waals surface area contributed by atoms with Gasteiger partial charge in [-0.1, -0.05) is 11.6 Å². The molecule has 88 valence electrons.